The van der Waals surface area contributed by atoms with Crippen molar-refractivity contribution in [1.29, 1.82) is 0 Å². The van der Waals surface area contributed by atoms with E-state index in [0.29, 0.717) is 35.7 Å². The molecule has 5 nitrogen and oxygen atoms in total. The van der Waals surface area contributed by atoms with Crippen molar-refractivity contribution < 1.29 is 27.8 Å². The molecule has 0 saturated heterocycles. The third-order valence-electron chi connectivity index (χ3n) is 6.68. The van der Waals surface area contributed by atoms with Gasteiger partial charge >= 0.3 is 6.18 Å². The number of amides is 1. The van der Waals surface area contributed by atoms with E-state index in [1.165, 1.54) is 11.8 Å². The second kappa shape index (κ2) is 8.75. The molecule has 2 aromatic carbocycles. The zero-order valence-corrected chi connectivity index (χ0v) is 21.0. The van der Waals surface area contributed by atoms with Crippen molar-refractivity contribution in [2.24, 2.45) is 0 Å². The number of fused-ring (bicyclic) bond motifs is 2. The molecular weight excluding hydrogens is 513 g/mol. The zero-order valence-electron chi connectivity index (χ0n) is 19.4. The number of β-amino-alcohol motifs (C(OH)–C–C–N with tert-alkyl or cyclic N) is 1. The highest BCUT2D eigenvalue weighted by Crippen LogP contribution is 2.47. The van der Waals surface area contributed by atoms with Crippen molar-refractivity contribution in [3.05, 3.63) is 52.0 Å². The van der Waals surface area contributed by atoms with Gasteiger partial charge in [-0.25, -0.2) is 0 Å². The van der Waals surface area contributed by atoms with Gasteiger partial charge in [-0.05, 0) is 41.7 Å². The van der Waals surface area contributed by atoms with Crippen LogP contribution in [-0.4, -0.2) is 49.0 Å². The van der Waals surface area contributed by atoms with Crippen LogP contribution in [0.3, 0.4) is 0 Å². The molecule has 1 N–H and O–H groups in total. The number of rotatable bonds is 5. The molecule has 2 aliphatic heterocycles. The molecule has 34 heavy (non-hydrogen) atoms. The summed E-state index contributed by atoms with van der Waals surface area (Å²) in [5, 5.41) is 11.2. The van der Waals surface area contributed by atoms with Crippen LogP contribution in [0.2, 0.25) is 0 Å². The zero-order chi connectivity index (χ0) is 24.9. The first-order chi connectivity index (χ1) is 15.8. The number of carbonyl (C=O) groups is 1. The van der Waals surface area contributed by atoms with Gasteiger partial charge in [0.2, 0.25) is 5.91 Å². The summed E-state index contributed by atoms with van der Waals surface area (Å²) in [6.07, 6.45) is -4.73. The van der Waals surface area contributed by atoms with Gasteiger partial charge in [-0.1, -0.05) is 41.9 Å². The first-order valence-corrected chi connectivity index (χ1v) is 12.0. The van der Waals surface area contributed by atoms with Crippen LogP contribution in [0, 0.1) is 0 Å². The molecule has 0 saturated carbocycles. The van der Waals surface area contributed by atoms with E-state index in [9.17, 15) is 23.1 Å². The minimum atomic E-state index is -4.87. The third kappa shape index (κ3) is 4.52. The van der Waals surface area contributed by atoms with Crippen LogP contribution in [0.1, 0.15) is 38.3 Å². The molecule has 0 bridgehead atoms. The molecule has 1 atom stereocenters. The molecular formula is C25H28BrF3N2O3. The highest BCUT2D eigenvalue weighted by atomic mass is 79.9. The quantitative estimate of drug-likeness (QED) is 0.565. The Morgan fingerprint density at radius 2 is 1.82 bits per heavy atom. The highest BCUT2D eigenvalue weighted by Gasteiger charge is 2.57. The number of anilines is 2. The molecule has 0 radical (unpaired) electrons. The Labute approximate surface area is 205 Å². The van der Waals surface area contributed by atoms with E-state index >= 15 is 0 Å². The number of hydrogen-bond donors (Lipinski definition) is 1. The Morgan fingerprint density at radius 3 is 2.47 bits per heavy atom. The number of nitrogens with zero attached hydrogens (tertiary/aromatic N) is 2. The van der Waals surface area contributed by atoms with Gasteiger partial charge in [-0.3, -0.25) is 4.79 Å². The number of hydrogen-bond acceptors (Lipinski definition) is 4. The third-order valence-corrected chi connectivity index (χ3v) is 7.14. The highest BCUT2D eigenvalue weighted by molar-refractivity contribution is 9.10. The van der Waals surface area contributed by atoms with Gasteiger partial charge in [0.1, 0.15) is 5.75 Å². The predicted octanol–water partition coefficient (Wildman–Crippen LogP) is 5.22. The maximum atomic E-state index is 14.5. The molecule has 0 aliphatic carbocycles. The van der Waals surface area contributed by atoms with Gasteiger partial charge < -0.3 is 19.6 Å². The number of para-hydroxylation sites is 2. The van der Waals surface area contributed by atoms with Crippen LogP contribution in [0.15, 0.2) is 40.9 Å². The first kappa shape index (κ1) is 24.9. The molecule has 0 fully saturated rings. The fourth-order valence-electron chi connectivity index (χ4n) is 5.07. The van der Waals surface area contributed by atoms with E-state index in [4.69, 9.17) is 4.74 Å². The fraction of sp³-hybridized carbons (Fsp3) is 0.480. The van der Waals surface area contributed by atoms with E-state index in [2.05, 4.69) is 15.9 Å². The van der Waals surface area contributed by atoms with E-state index in [0.717, 1.165) is 10.0 Å². The SMILES string of the molecule is CC(=O)N1CCN(CC(O)(CC(C)(C)c2cc(Br)cc3c2OCC3)C(F)(F)F)c2ccccc21. The van der Waals surface area contributed by atoms with Gasteiger partial charge in [0.05, 0.1) is 24.5 Å². The minimum absolute atomic E-state index is 0.178. The Hall–Kier alpha value is -2.26. The van der Waals surface area contributed by atoms with Crippen molar-refractivity contribution in [3.8, 4) is 5.75 Å². The Bertz CT molecular complexity index is 1110. The van der Waals surface area contributed by atoms with Crippen LogP contribution in [0.4, 0.5) is 24.5 Å². The number of alkyl halides is 3. The van der Waals surface area contributed by atoms with Crippen LogP contribution < -0.4 is 14.5 Å². The molecule has 184 valence electrons. The summed E-state index contributed by atoms with van der Waals surface area (Å²) in [6, 6.07) is 10.5. The van der Waals surface area contributed by atoms with Crippen LogP contribution >= 0.6 is 15.9 Å². The topological polar surface area (TPSA) is 53.0 Å². The van der Waals surface area contributed by atoms with E-state index in [-0.39, 0.29) is 19.0 Å². The van der Waals surface area contributed by atoms with Crippen LogP contribution in [0.5, 0.6) is 5.75 Å². The van der Waals surface area contributed by atoms with E-state index in [1.807, 2.05) is 6.07 Å². The summed E-state index contributed by atoms with van der Waals surface area (Å²) in [6.45, 7) is 5.11. The van der Waals surface area contributed by atoms with Crippen molar-refractivity contribution in [2.75, 3.05) is 36.0 Å². The number of ether oxygens (including phenoxy) is 1. The van der Waals surface area contributed by atoms with Gasteiger partial charge in [0.25, 0.3) is 0 Å². The van der Waals surface area contributed by atoms with Crippen molar-refractivity contribution in [3.63, 3.8) is 0 Å². The molecule has 0 aromatic heterocycles. The second-order valence-electron chi connectivity index (χ2n) is 9.71. The smallest absolute Gasteiger partial charge is 0.418 e. The van der Waals surface area contributed by atoms with Gasteiger partial charge in [0.15, 0.2) is 5.60 Å². The molecule has 2 aliphatic rings. The lowest BCUT2D eigenvalue weighted by molar-refractivity contribution is -0.262. The fourth-order valence-corrected chi connectivity index (χ4v) is 5.58. The second-order valence-corrected chi connectivity index (χ2v) is 10.6. The van der Waals surface area contributed by atoms with E-state index < -0.39 is 30.2 Å². The summed E-state index contributed by atoms with van der Waals surface area (Å²) < 4.78 is 49.9. The summed E-state index contributed by atoms with van der Waals surface area (Å²) in [4.78, 5) is 15.1. The molecule has 1 unspecified atom stereocenters. The Morgan fingerprint density at radius 1 is 1.15 bits per heavy atom. The summed E-state index contributed by atoms with van der Waals surface area (Å²) in [5.41, 5.74) is -1.40. The minimum Gasteiger partial charge on any atom is -0.493 e. The summed E-state index contributed by atoms with van der Waals surface area (Å²) >= 11 is 3.46. The van der Waals surface area contributed by atoms with Crippen molar-refractivity contribution in [1.82, 2.24) is 0 Å². The normalized spacial score (nSPS) is 17.6. The summed E-state index contributed by atoms with van der Waals surface area (Å²) in [5.74, 6) is 0.431. The predicted molar refractivity (Wildman–Crippen MR) is 129 cm³/mol. The lowest BCUT2D eigenvalue weighted by Gasteiger charge is -2.44. The maximum absolute atomic E-state index is 14.5. The molecule has 4 rings (SSSR count). The standard InChI is InChI=1S/C25H28BrF3N2O3/c1-16(32)31-10-9-30(20-6-4-5-7-21(20)31)15-24(33,25(27,28)29)14-23(2,3)19-13-18(26)12-17-8-11-34-22(17)19/h4-7,12-13,33H,8-11,14-15H2,1-3H3. The molecule has 2 aromatic rings. The Kier molecular flexibility index (Phi) is 6.40. The number of carbonyl (C=O) groups excluding carboxylic acids is 1. The first-order valence-electron chi connectivity index (χ1n) is 11.2. The molecule has 2 heterocycles. The maximum Gasteiger partial charge on any atom is 0.418 e. The molecule has 1 amide bonds. The monoisotopic (exact) mass is 540 g/mol. The van der Waals surface area contributed by atoms with Crippen LogP contribution in [0.25, 0.3) is 0 Å². The number of aliphatic hydroxyl groups is 1. The molecule has 9 heteroatoms. The Balaban J connectivity index is 1.69. The average Bonchev–Trinajstić information content (AvgIpc) is 3.20. The lowest BCUT2D eigenvalue weighted by Crippen LogP contribution is -2.58. The largest absolute Gasteiger partial charge is 0.493 e. The van der Waals surface area contributed by atoms with Crippen molar-refractivity contribution >= 4 is 33.2 Å². The van der Waals surface area contributed by atoms with Crippen LogP contribution in [-0.2, 0) is 16.6 Å². The van der Waals surface area contributed by atoms with Gasteiger partial charge in [0, 0.05) is 36.5 Å². The average molecular weight is 541 g/mol. The summed E-state index contributed by atoms with van der Waals surface area (Å²) in [7, 11) is 0. The number of halogens is 4. The van der Waals surface area contributed by atoms with E-state index in [1.54, 1.807) is 49.1 Å². The lowest BCUT2D eigenvalue weighted by atomic mass is 9.73. The van der Waals surface area contributed by atoms with Gasteiger partial charge in [-0.2, -0.15) is 13.2 Å². The molecule has 0 spiro atoms. The van der Waals surface area contributed by atoms with Gasteiger partial charge in [-0.15, -0.1) is 0 Å². The number of benzene rings is 2. The van der Waals surface area contributed by atoms with Crippen molar-refractivity contribution in [2.45, 2.75) is 50.8 Å².